The van der Waals surface area contributed by atoms with Crippen molar-refractivity contribution in [3.05, 3.63) is 52.3 Å². The maximum absolute atomic E-state index is 11.2. The number of aliphatic hydroxyl groups is 1. The Morgan fingerprint density at radius 2 is 1.95 bits per heavy atom. The van der Waals surface area contributed by atoms with Gasteiger partial charge in [0.1, 0.15) is 6.10 Å². The number of aryl methyl sites for hydroxylation is 1. The van der Waals surface area contributed by atoms with Gasteiger partial charge in [-0.2, -0.15) is 5.10 Å². The number of rotatable bonds is 4. The molecule has 1 N–H and O–H groups in total. The van der Waals surface area contributed by atoms with Crippen LogP contribution in [0.3, 0.4) is 0 Å². The van der Waals surface area contributed by atoms with Crippen LogP contribution < -0.4 is 0 Å². The summed E-state index contributed by atoms with van der Waals surface area (Å²) < 4.78 is 2.80. The molecule has 1 saturated carbocycles. The fourth-order valence-corrected chi connectivity index (χ4v) is 4.17. The number of hydrogen-bond acceptors (Lipinski definition) is 2. The van der Waals surface area contributed by atoms with Crippen molar-refractivity contribution in [2.45, 2.75) is 50.7 Å². The van der Waals surface area contributed by atoms with Crippen molar-refractivity contribution in [1.82, 2.24) is 9.78 Å². The summed E-state index contributed by atoms with van der Waals surface area (Å²) in [5, 5.41) is 15.6. The highest BCUT2D eigenvalue weighted by Gasteiger charge is 2.44. The number of halogens is 1. The first-order chi connectivity index (χ1) is 10.2. The summed E-state index contributed by atoms with van der Waals surface area (Å²) >= 11 is 3.56. The smallest absolute Gasteiger partial charge is 0.106 e. The van der Waals surface area contributed by atoms with Crippen molar-refractivity contribution in [3.63, 3.8) is 0 Å². The van der Waals surface area contributed by atoms with E-state index in [1.54, 1.807) is 6.20 Å². The molecule has 0 aliphatic heterocycles. The van der Waals surface area contributed by atoms with E-state index in [2.05, 4.69) is 52.2 Å². The van der Waals surface area contributed by atoms with Crippen molar-refractivity contribution in [3.8, 4) is 0 Å². The lowest BCUT2D eigenvalue weighted by molar-refractivity contribution is 0.0733. The van der Waals surface area contributed by atoms with Crippen LogP contribution in [0.15, 0.2) is 41.0 Å². The third-order valence-electron chi connectivity index (χ3n) is 4.76. The van der Waals surface area contributed by atoms with Gasteiger partial charge in [-0.05, 0) is 41.3 Å². The Hall–Kier alpha value is -1.13. The molecule has 1 aromatic carbocycles. The Bertz CT molecular complexity index is 603. The Balaban J connectivity index is 2.07. The van der Waals surface area contributed by atoms with E-state index < -0.39 is 6.10 Å². The van der Waals surface area contributed by atoms with Crippen LogP contribution in [-0.4, -0.2) is 14.9 Å². The number of aromatic nitrogens is 2. The minimum atomic E-state index is -0.528. The van der Waals surface area contributed by atoms with Crippen LogP contribution in [0, 0.1) is 0 Å². The second-order valence-corrected chi connectivity index (χ2v) is 6.68. The average molecular weight is 349 g/mol. The fraction of sp³-hybridized carbons (Fsp3) is 0.471. The first-order valence-corrected chi connectivity index (χ1v) is 8.43. The van der Waals surface area contributed by atoms with Gasteiger partial charge in [-0.1, -0.05) is 43.2 Å². The zero-order valence-corrected chi connectivity index (χ0v) is 13.9. The van der Waals surface area contributed by atoms with E-state index in [9.17, 15) is 5.11 Å². The highest BCUT2D eigenvalue weighted by atomic mass is 79.9. The predicted octanol–water partition coefficient (Wildman–Crippen LogP) is 4.21. The maximum atomic E-state index is 11.2. The van der Waals surface area contributed by atoms with Crippen LogP contribution in [0.25, 0.3) is 0 Å². The number of hydrogen-bond donors (Lipinski definition) is 1. The first-order valence-electron chi connectivity index (χ1n) is 7.64. The molecule has 1 aliphatic carbocycles. The molecule has 112 valence electrons. The quantitative estimate of drug-likeness (QED) is 0.898. The molecule has 1 aromatic heterocycles. The molecule has 0 spiro atoms. The second-order valence-electron chi connectivity index (χ2n) is 5.83. The van der Waals surface area contributed by atoms with E-state index in [1.165, 1.54) is 18.4 Å². The second kappa shape index (κ2) is 5.93. The third-order valence-corrected chi connectivity index (χ3v) is 5.37. The van der Waals surface area contributed by atoms with Crippen LogP contribution in [0.1, 0.15) is 50.0 Å². The molecular weight excluding hydrogens is 328 g/mol. The summed E-state index contributed by atoms with van der Waals surface area (Å²) in [6.07, 6.45) is 5.65. The van der Waals surface area contributed by atoms with Gasteiger partial charge in [0.05, 0.1) is 16.4 Å². The first kappa shape index (κ1) is 14.8. The van der Waals surface area contributed by atoms with Crippen LogP contribution in [0.2, 0.25) is 0 Å². The molecule has 1 aliphatic rings. The largest absolute Gasteiger partial charge is 0.386 e. The molecule has 0 amide bonds. The van der Waals surface area contributed by atoms with Gasteiger partial charge in [0, 0.05) is 12.0 Å². The zero-order chi connectivity index (χ0) is 14.9. The van der Waals surface area contributed by atoms with Gasteiger partial charge < -0.3 is 5.11 Å². The summed E-state index contributed by atoms with van der Waals surface area (Å²) in [5.74, 6) is 0. The lowest BCUT2D eigenvalue weighted by atomic mass is 9.73. The minimum absolute atomic E-state index is 0.184. The molecule has 1 unspecified atom stereocenters. The van der Waals surface area contributed by atoms with Crippen LogP contribution in [0.5, 0.6) is 0 Å². The van der Waals surface area contributed by atoms with Gasteiger partial charge in [0.25, 0.3) is 0 Å². The summed E-state index contributed by atoms with van der Waals surface area (Å²) in [6, 6.07) is 10.5. The highest BCUT2D eigenvalue weighted by molar-refractivity contribution is 9.10. The minimum Gasteiger partial charge on any atom is -0.386 e. The van der Waals surface area contributed by atoms with Gasteiger partial charge in [0.15, 0.2) is 0 Å². The standard InChI is InChI=1S/C17H21BrN2O/c1-2-20-15(14(18)12-19-20)16(21)17(10-6-7-11-17)13-8-4-3-5-9-13/h3-5,8-9,12,16,21H,2,6-7,10-11H2,1H3. The Morgan fingerprint density at radius 1 is 1.29 bits per heavy atom. The van der Waals surface area contributed by atoms with Gasteiger partial charge in [-0.3, -0.25) is 4.68 Å². The van der Waals surface area contributed by atoms with E-state index in [1.807, 2.05) is 10.7 Å². The lowest BCUT2D eigenvalue weighted by Crippen LogP contribution is -2.32. The molecule has 1 fully saturated rings. The molecule has 0 radical (unpaired) electrons. The number of nitrogens with zero attached hydrogens (tertiary/aromatic N) is 2. The fourth-order valence-electron chi connectivity index (χ4n) is 3.65. The van der Waals surface area contributed by atoms with E-state index in [0.717, 1.165) is 29.6 Å². The molecule has 4 heteroatoms. The Morgan fingerprint density at radius 3 is 2.57 bits per heavy atom. The van der Waals surface area contributed by atoms with Gasteiger partial charge in [0.2, 0.25) is 0 Å². The predicted molar refractivity (Wildman–Crippen MR) is 87.1 cm³/mol. The Kier molecular flexibility index (Phi) is 4.18. The van der Waals surface area contributed by atoms with Crippen molar-refractivity contribution in [2.24, 2.45) is 0 Å². The van der Waals surface area contributed by atoms with E-state index >= 15 is 0 Å². The molecule has 21 heavy (non-hydrogen) atoms. The normalized spacial score (nSPS) is 18.8. The van der Waals surface area contributed by atoms with Gasteiger partial charge in [-0.25, -0.2) is 0 Å². The maximum Gasteiger partial charge on any atom is 0.106 e. The SMILES string of the molecule is CCn1ncc(Br)c1C(O)C1(c2ccccc2)CCCC1. The van der Waals surface area contributed by atoms with Crippen molar-refractivity contribution < 1.29 is 5.11 Å². The van der Waals surface area contributed by atoms with E-state index in [-0.39, 0.29) is 5.41 Å². The zero-order valence-electron chi connectivity index (χ0n) is 12.3. The highest BCUT2D eigenvalue weighted by Crippen LogP contribution is 2.50. The molecular formula is C17H21BrN2O. The van der Waals surface area contributed by atoms with Gasteiger partial charge >= 0.3 is 0 Å². The number of aliphatic hydroxyl groups excluding tert-OH is 1. The van der Waals surface area contributed by atoms with Crippen LogP contribution >= 0.6 is 15.9 Å². The van der Waals surface area contributed by atoms with Crippen LogP contribution in [0.4, 0.5) is 0 Å². The van der Waals surface area contributed by atoms with E-state index in [0.29, 0.717) is 0 Å². The topological polar surface area (TPSA) is 38.0 Å². The summed E-state index contributed by atoms with van der Waals surface area (Å²) in [5.41, 5.74) is 1.96. The molecule has 3 rings (SSSR count). The molecule has 0 bridgehead atoms. The molecule has 1 atom stereocenters. The summed E-state index contributed by atoms with van der Waals surface area (Å²) in [6.45, 7) is 2.82. The molecule has 1 heterocycles. The summed E-state index contributed by atoms with van der Waals surface area (Å²) in [7, 11) is 0. The van der Waals surface area contributed by atoms with Gasteiger partial charge in [-0.15, -0.1) is 0 Å². The molecule has 0 saturated heterocycles. The molecule has 3 nitrogen and oxygen atoms in total. The lowest BCUT2D eigenvalue weighted by Gasteiger charge is -2.35. The molecule has 2 aromatic rings. The van der Waals surface area contributed by atoms with Crippen molar-refractivity contribution in [2.75, 3.05) is 0 Å². The Labute approximate surface area is 134 Å². The van der Waals surface area contributed by atoms with Crippen molar-refractivity contribution >= 4 is 15.9 Å². The van der Waals surface area contributed by atoms with Crippen molar-refractivity contribution in [1.29, 1.82) is 0 Å². The monoisotopic (exact) mass is 348 g/mol. The van der Waals surface area contributed by atoms with E-state index in [4.69, 9.17) is 0 Å². The number of benzene rings is 1. The third kappa shape index (κ3) is 2.44. The van der Waals surface area contributed by atoms with Crippen LogP contribution in [-0.2, 0) is 12.0 Å². The average Bonchev–Trinajstić information content (AvgIpc) is 3.15. The summed E-state index contributed by atoms with van der Waals surface area (Å²) in [4.78, 5) is 0.